The molecular weight excluding hydrogens is 615 g/mol. The van der Waals surface area contributed by atoms with Crippen molar-refractivity contribution < 1.29 is 0 Å². The quantitative estimate of drug-likeness (QED) is 0.119. The zero-order chi connectivity index (χ0) is 34.3. The molecule has 8 aromatic rings. The lowest BCUT2D eigenvalue weighted by atomic mass is 9.79. The molecule has 1 aromatic heterocycles. The smallest absolute Gasteiger partial charge is 0.0541 e. The van der Waals surface area contributed by atoms with Crippen LogP contribution in [0.3, 0.4) is 0 Å². The van der Waals surface area contributed by atoms with Gasteiger partial charge in [0.2, 0.25) is 0 Å². The van der Waals surface area contributed by atoms with Crippen molar-refractivity contribution in [2.75, 3.05) is 0 Å². The predicted octanol–water partition coefficient (Wildman–Crippen LogP) is 13.7. The molecule has 1 aliphatic rings. The second-order valence-electron chi connectivity index (χ2n) is 13.6. The number of nitrogens with zero attached hydrogens (tertiary/aromatic N) is 1. The van der Waals surface area contributed by atoms with Crippen LogP contribution in [0.4, 0.5) is 0 Å². The van der Waals surface area contributed by atoms with E-state index in [0.29, 0.717) is 0 Å². The van der Waals surface area contributed by atoms with E-state index in [1.54, 1.807) is 0 Å². The van der Waals surface area contributed by atoms with Gasteiger partial charge in [0.25, 0.3) is 0 Å². The summed E-state index contributed by atoms with van der Waals surface area (Å²) < 4.78 is 2.41. The molecule has 0 unspecified atom stereocenters. The molecule has 9 rings (SSSR count). The normalized spacial score (nSPS) is 12.8. The molecular formula is C50H39N. The van der Waals surface area contributed by atoms with Crippen molar-refractivity contribution in [3.8, 4) is 27.9 Å². The van der Waals surface area contributed by atoms with Crippen molar-refractivity contribution in [2.24, 2.45) is 0 Å². The van der Waals surface area contributed by atoms with Gasteiger partial charge in [-0.05, 0) is 123 Å². The first-order chi connectivity index (χ1) is 25.2. The van der Waals surface area contributed by atoms with Crippen molar-refractivity contribution in [3.63, 3.8) is 0 Å². The van der Waals surface area contributed by atoms with Crippen molar-refractivity contribution in [1.29, 1.82) is 0 Å². The highest BCUT2D eigenvalue weighted by atomic mass is 15.0. The summed E-state index contributed by atoms with van der Waals surface area (Å²) in [6, 6.07) is 53.2. The van der Waals surface area contributed by atoms with Crippen molar-refractivity contribution >= 4 is 50.3 Å². The van der Waals surface area contributed by atoms with E-state index in [9.17, 15) is 0 Å². The molecule has 1 heteroatoms. The molecule has 0 N–H and O–H groups in total. The highest BCUT2D eigenvalue weighted by molar-refractivity contribution is 6.11. The van der Waals surface area contributed by atoms with Gasteiger partial charge < -0.3 is 4.57 Å². The monoisotopic (exact) mass is 653 g/mol. The summed E-state index contributed by atoms with van der Waals surface area (Å²) in [5.74, 6) is 0. The second kappa shape index (κ2) is 12.9. The SMILES string of the molecule is C=CC/C(=C\c1ccccc1C)c1c2c(c(-c3ccc(-n4c5ccccc5c5cc(-c6ccccc6)ccc54)cc3)c3ccccc13)C=CCC2. The Bertz CT molecular complexity index is 2660. The van der Waals surface area contributed by atoms with E-state index in [0.717, 1.165) is 24.9 Å². The summed E-state index contributed by atoms with van der Waals surface area (Å²) >= 11 is 0. The number of hydrogen-bond donors (Lipinski definition) is 0. The van der Waals surface area contributed by atoms with Crippen LogP contribution in [0, 0.1) is 6.92 Å². The summed E-state index contributed by atoms with van der Waals surface area (Å²) in [5, 5.41) is 5.13. The zero-order valence-electron chi connectivity index (χ0n) is 28.9. The van der Waals surface area contributed by atoms with Crippen LogP contribution in [0.25, 0.3) is 78.2 Å². The molecule has 0 aliphatic heterocycles. The van der Waals surface area contributed by atoms with Gasteiger partial charge >= 0.3 is 0 Å². The summed E-state index contributed by atoms with van der Waals surface area (Å²) in [4.78, 5) is 0. The first-order valence-corrected chi connectivity index (χ1v) is 18.0. The Morgan fingerprint density at radius 3 is 2.14 bits per heavy atom. The Labute approximate surface area is 300 Å². The third-order valence-electron chi connectivity index (χ3n) is 10.6. The number of aromatic nitrogens is 1. The van der Waals surface area contributed by atoms with Gasteiger partial charge in [0.05, 0.1) is 11.0 Å². The maximum atomic E-state index is 4.18. The van der Waals surface area contributed by atoms with Crippen molar-refractivity contribution in [3.05, 3.63) is 192 Å². The molecule has 51 heavy (non-hydrogen) atoms. The van der Waals surface area contributed by atoms with Crippen LogP contribution in [0.2, 0.25) is 0 Å². The fourth-order valence-corrected chi connectivity index (χ4v) is 8.23. The molecule has 0 fully saturated rings. The third kappa shape index (κ3) is 5.34. The van der Waals surface area contributed by atoms with E-state index in [-0.39, 0.29) is 0 Å². The van der Waals surface area contributed by atoms with Gasteiger partial charge in [-0.2, -0.15) is 0 Å². The number of aryl methyl sites for hydroxylation is 1. The molecule has 0 amide bonds. The molecule has 1 heterocycles. The number of rotatable bonds is 7. The lowest BCUT2D eigenvalue weighted by Gasteiger charge is -2.25. The molecule has 0 spiro atoms. The Morgan fingerprint density at radius 2 is 1.33 bits per heavy atom. The molecule has 244 valence electrons. The second-order valence-corrected chi connectivity index (χ2v) is 13.6. The van der Waals surface area contributed by atoms with E-state index in [2.05, 4.69) is 182 Å². The average Bonchev–Trinajstić information content (AvgIpc) is 3.52. The number of benzene rings is 7. The molecule has 7 aromatic carbocycles. The number of fused-ring (bicyclic) bond motifs is 5. The van der Waals surface area contributed by atoms with Crippen molar-refractivity contribution in [2.45, 2.75) is 26.2 Å². The lowest BCUT2D eigenvalue weighted by Crippen LogP contribution is -2.05. The number of para-hydroxylation sites is 1. The van der Waals surface area contributed by atoms with Crippen LogP contribution in [0.15, 0.2) is 164 Å². The van der Waals surface area contributed by atoms with Crippen LogP contribution >= 0.6 is 0 Å². The van der Waals surface area contributed by atoms with Crippen LogP contribution in [-0.2, 0) is 6.42 Å². The minimum absolute atomic E-state index is 0.814. The molecule has 0 saturated carbocycles. The summed E-state index contributed by atoms with van der Waals surface area (Å²) in [5.41, 5.74) is 16.6. The average molecular weight is 654 g/mol. The van der Waals surface area contributed by atoms with E-state index >= 15 is 0 Å². The Kier molecular flexibility index (Phi) is 7.82. The standard InChI is InChI=1S/C50H39N/c1-3-15-39(32-37-19-8-7-16-34(37)2)50-44-23-11-9-21-42(44)49(43-22-10-12-24-45(43)50)36-26-29-40(30-27-36)51-47-25-14-13-20-41(47)46-33-38(28-31-48(46)51)35-17-5-4-6-18-35/h3-11,13-14,16-23,25-33H,1,12,15,24H2,2H3/b39-32+. The van der Waals surface area contributed by atoms with Gasteiger partial charge in [-0.3, -0.25) is 0 Å². The first-order valence-electron chi connectivity index (χ1n) is 18.0. The topological polar surface area (TPSA) is 4.93 Å². The zero-order valence-corrected chi connectivity index (χ0v) is 28.9. The van der Waals surface area contributed by atoms with E-state index in [4.69, 9.17) is 0 Å². The fraction of sp³-hybridized carbons (Fsp3) is 0.0800. The van der Waals surface area contributed by atoms with Gasteiger partial charge in [-0.15, -0.1) is 6.58 Å². The highest BCUT2D eigenvalue weighted by Crippen LogP contribution is 2.44. The molecule has 1 aliphatic carbocycles. The highest BCUT2D eigenvalue weighted by Gasteiger charge is 2.23. The van der Waals surface area contributed by atoms with Gasteiger partial charge in [0.15, 0.2) is 0 Å². The molecule has 0 radical (unpaired) electrons. The molecule has 0 saturated heterocycles. The van der Waals surface area contributed by atoms with E-state index in [1.807, 2.05) is 6.08 Å². The largest absolute Gasteiger partial charge is 0.309 e. The first kappa shape index (κ1) is 30.8. The fourth-order valence-electron chi connectivity index (χ4n) is 8.23. The summed E-state index contributed by atoms with van der Waals surface area (Å²) in [6.45, 7) is 6.37. The van der Waals surface area contributed by atoms with Gasteiger partial charge in [-0.25, -0.2) is 0 Å². The van der Waals surface area contributed by atoms with Crippen LogP contribution in [0.5, 0.6) is 0 Å². The van der Waals surface area contributed by atoms with Crippen LogP contribution in [0.1, 0.15) is 40.7 Å². The van der Waals surface area contributed by atoms with Gasteiger partial charge in [-0.1, -0.05) is 140 Å². The number of hydrogen-bond acceptors (Lipinski definition) is 0. The Morgan fingerprint density at radius 1 is 0.647 bits per heavy atom. The Balaban J connectivity index is 1.21. The van der Waals surface area contributed by atoms with Gasteiger partial charge in [0, 0.05) is 16.5 Å². The Hall–Kier alpha value is -6.18. The minimum Gasteiger partial charge on any atom is -0.309 e. The van der Waals surface area contributed by atoms with Crippen LogP contribution < -0.4 is 0 Å². The van der Waals surface area contributed by atoms with Crippen molar-refractivity contribution in [1.82, 2.24) is 4.57 Å². The van der Waals surface area contributed by atoms with E-state index < -0.39 is 0 Å². The summed E-state index contributed by atoms with van der Waals surface area (Å²) in [6.07, 6.45) is 12.0. The lowest BCUT2D eigenvalue weighted by molar-refractivity contribution is 0.983. The minimum atomic E-state index is 0.814. The van der Waals surface area contributed by atoms with E-state index in [1.165, 1.54) is 88.2 Å². The predicted molar refractivity (Wildman–Crippen MR) is 220 cm³/mol. The van der Waals surface area contributed by atoms with Crippen LogP contribution in [-0.4, -0.2) is 4.57 Å². The maximum Gasteiger partial charge on any atom is 0.0541 e. The maximum absolute atomic E-state index is 4.18. The summed E-state index contributed by atoms with van der Waals surface area (Å²) in [7, 11) is 0. The number of allylic oxidation sites excluding steroid dienone is 3. The molecule has 0 bridgehead atoms. The third-order valence-corrected chi connectivity index (χ3v) is 10.6. The molecule has 0 atom stereocenters. The molecule has 1 nitrogen and oxygen atoms in total. The van der Waals surface area contributed by atoms with Gasteiger partial charge in [0.1, 0.15) is 0 Å².